The number of carbonyl (C=O) groups excluding carboxylic acids is 1. The maximum atomic E-state index is 12.3. The predicted molar refractivity (Wildman–Crippen MR) is 69.4 cm³/mol. The number of amides is 1. The lowest BCUT2D eigenvalue weighted by Gasteiger charge is -2.35. The van der Waals surface area contributed by atoms with Crippen molar-refractivity contribution in [3.63, 3.8) is 0 Å². The molecule has 17 heavy (non-hydrogen) atoms. The lowest BCUT2D eigenvalue weighted by molar-refractivity contribution is -0.136. The molecular weight excluding hydrogens is 236 g/mol. The molecule has 1 unspecified atom stereocenters. The molecule has 1 saturated heterocycles. The van der Waals surface area contributed by atoms with E-state index in [9.17, 15) is 9.90 Å². The van der Waals surface area contributed by atoms with Gasteiger partial charge in [-0.25, -0.2) is 0 Å². The Kier molecular flexibility index (Phi) is 3.41. The van der Waals surface area contributed by atoms with Crippen LogP contribution in [-0.2, 0) is 4.79 Å². The number of aliphatic hydroxyl groups is 1. The lowest BCUT2D eigenvalue weighted by atomic mass is 9.91. The molecule has 1 atom stereocenters. The number of hydrogen-bond donors (Lipinski definition) is 2. The van der Waals surface area contributed by atoms with Crippen molar-refractivity contribution in [2.75, 3.05) is 13.1 Å². The van der Waals surface area contributed by atoms with E-state index >= 15 is 0 Å². The van der Waals surface area contributed by atoms with Gasteiger partial charge in [-0.1, -0.05) is 12.2 Å². The second kappa shape index (κ2) is 4.53. The molecule has 0 radical (unpaired) electrons. The van der Waals surface area contributed by atoms with Crippen molar-refractivity contribution in [3.8, 4) is 0 Å². The molecule has 0 spiro atoms. The van der Waals surface area contributed by atoms with Gasteiger partial charge in [0.05, 0.1) is 16.5 Å². The number of piperidine rings is 1. The first-order chi connectivity index (χ1) is 7.97. The lowest BCUT2D eigenvalue weighted by Crippen LogP contribution is -2.47. The van der Waals surface area contributed by atoms with E-state index in [1.807, 2.05) is 11.8 Å². The molecule has 5 heteroatoms. The molecule has 96 valence electrons. The average molecular weight is 256 g/mol. The Morgan fingerprint density at radius 2 is 2.00 bits per heavy atom. The number of carbonyl (C=O) groups is 1. The molecule has 2 rings (SSSR count). The van der Waals surface area contributed by atoms with Crippen LogP contribution in [0.25, 0.3) is 0 Å². The highest BCUT2D eigenvalue weighted by Crippen LogP contribution is 2.48. The van der Waals surface area contributed by atoms with E-state index in [-0.39, 0.29) is 12.0 Å². The summed E-state index contributed by atoms with van der Waals surface area (Å²) >= 11 is 4.99. The predicted octanol–water partition coefficient (Wildman–Crippen LogP) is 0.672. The number of nitrogens with zero attached hydrogens (tertiary/aromatic N) is 1. The van der Waals surface area contributed by atoms with Gasteiger partial charge in [-0.3, -0.25) is 4.79 Å². The minimum absolute atomic E-state index is 0.106. The van der Waals surface area contributed by atoms with Gasteiger partial charge in [0.2, 0.25) is 5.91 Å². The van der Waals surface area contributed by atoms with Crippen LogP contribution in [0, 0.1) is 11.3 Å². The van der Waals surface area contributed by atoms with Crippen LogP contribution in [0.1, 0.15) is 32.6 Å². The van der Waals surface area contributed by atoms with Crippen molar-refractivity contribution in [2.45, 2.75) is 38.7 Å². The topological polar surface area (TPSA) is 66.6 Å². The quantitative estimate of drug-likeness (QED) is 0.729. The summed E-state index contributed by atoms with van der Waals surface area (Å²) in [6.07, 6.45) is 3.07. The molecule has 2 aliphatic rings. The van der Waals surface area contributed by atoms with Gasteiger partial charge < -0.3 is 15.7 Å². The number of aliphatic hydroxyl groups excluding tert-OH is 1. The Morgan fingerprint density at radius 1 is 1.47 bits per heavy atom. The van der Waals surface area contributed by atoms with Crippen LogP contribution < -0.4 is 5.73 Å². The number of thiocarbonyl (C=S) groups is 1. The molecule has 0 bridgehead atoms. The molecule has 1 heterocycles. The largest absolute Gasteiger partial charge is 0.393 e. The zero-order chi connectivity index (χ0) is 12.6. The normalized spacial score (nSPS) is 25.4. The second-order valence-electron chi connectivity index (χ2n) is 5.32. The molecule has 0 aromatic rings. The SMILES string of the molecule is CC(O)C1CCN(C(=O)C2(C(N)=S)CC2)CC1. The van der Waals surface area contributed by atoms with Crippen molar-refractivity contribution < 1.29 is 9.90 Å². The first-order valence-corrected chi connectivity index (χ1v) is 6.65. The molecule has 1 aliphatic carbocycles. The van der Waals surface area contributed by atoms with Crippen LogP contribution in [0.15, 0.2) is 0 Å². The van der Waals surface area contributed by atoms with Crippen LogP contribution in [0.5, 0.6) is 0 Å². The highest BCUT2D eigenvalue weighted by molar-refractivity contribution is 7.80. The average Bonchev–Trinajstić information content (AvgIpc) is 3.09. The third kappa shape index (κ3) is 2.31. The Bertz CT molecular complexity index is 331. The summed E-state index contributed by atoms with van der Waals surface area (Å²) in [6.45, 7) is 3.26. The van der Waals surface area contributed by atoms with Gasteiger partial charge in [-0.05, 0) is 38.5 Å². The standard InChI is InChI=1S/C12H20N2O2S/c1-8(15)9-2-6-14(7-3-9)11(16)12(4-5-12)10(13)17/h8-9,15H,2-7H2,1H3,(H2,13,17). The fourth-order valence-corrected chi connectivity index (χ4v) is 2.87. The van der Waals surface area contributed by atoms with Crippen LogP contribution in [0.2, 0.25) is 0 Å². The van der Waals surface area contributed by atoms with E-state index in [0.717, 1.165) is 38.8 Å². The van der Waals surface area contributed by atoms with Crippen LogP contribution in [-0.4, -0.2) is 40.1 Å². The molecule has 0 aromatic carbocycles. The Balaban J connectivity index is 1.93. The molecule has 4 nitrogen and oxygen atoms in total. The maximum absolute atomic E-state index is 12.3. The smallest absolute Gasteiger partial charge is 0.235 e. The Morgan fingerprint density at radius 3 is 2.35 bits per heavy atom. The van der Waals surface area contributed by atoms with Crippen molar-refractivity contribution in [1.82, 2.24) is 4.90 Å². The Labute approximate surface area is 107 Å². The van der Waals surface area contributed by atoms with E-state index in [1.54, 1.807) is 0 Å². The number of hydrogen-bond acceptors (Lipinski definition) is 3. The summed E-state index contributed by atoms with van der Waals surface area (Å²) in [7, 11) is 0. The molecule has 1 saturated carbocycles. The first kappa shape index (κ1) is 12.8. The molecule has 2 fully saturated rings. The monoisotopic (exact) mass is 256 g/mol. The van der Waals surface area contributed by atoms with Gasteiger partial charge in [0.1, 0.15) is 0 Å². The van der Waals surface area contributed by atoms with Gasteiger partial charge in [0, 0.05) is 13.1 Å². The highest BCUT2D eigenvalue weighted by Gasteiger charge is 2.54. The minimum atomic E-state index is -0.521. The second-order valence-corrected chi connectivity index (χ2v) is 5.76. The minimum Gasteiger partial charge on any atom is -0.393 e. The van der Waals surface area contributed by atoms with Crippen molar-refractivity contribution >= 4 is 23.1 Å². The molecule has 0 aromatic heterocycles. The molecule has 1 aliphatic heterocycles. The summed E-state index contributed by atoms with van der Waals surface area (Å²) in [4.78, 5) is 14.5. The van der Waals surface area contributed by atoms with E-state index in [4.69, 9.17) is 18.0 Å². The molecular formula is C12H20N2O2S. The highest BCUT2D eigenvalue weighted by atomic mass is 32.1. The summed E-state index contributed by atoms with van der Waals surface area (Å²) < 4.78 is 0. The number of likely N-dealkylation sites (tertiary alicyclic amines) is 1. The third-order valence-electron chi connectivity index (χ3n) is 4.14. The summed E-state index contributed by atoms with van der Waals surface area (Å²) in [5, 5.41) is 9.52. The van der Waals surface area contributed by atoms with Crippen molar-refractivity contribution in [3.05, 3.63) is 0 Å². The number of rotatable bonds is 3. The maximum Gasteiger partial charge on any atom is 0.235 e. The fraction of sp³-hybridized carbons (Fsp3) is 0.833. The third-order valence-corrected chi connectivity index (χ3v) is 4.53. The summed E-state index contributed by atoms with van der Waals surface area (Å²) in [5.74, 6) is 0.424. The van der Waals surface area contributed by atoms with E-state index in [0.29, 0.717) is 10.9 Å². The van der Waals surface area contributed by atoms with Crippen LogP contribution in [0.3, 0.4) is 0 Å². The van der Waals surface area contributed by atoms with Crippen molar-refractivity contribution in [1.29, 1.82) is 0 Å². The zero-order valence-electron chi connectivity index (χ0n) is 10.2. The Hall–Kier alpha value is -0.680. The van der Waals surface area contributed by atoms with Gasteiger partial charge in [0.15, 0.2) is 0 Å². The van der Waals surface area contributed by atoms with E-state index in [2.05, 4.69) is 0 Å². The van der Waals surface area contributed by atoms with Gasteiger partial charge in [-0.15, -0.1) is 0 Å². The van der Waals surface area contributed by atoms with Crippen LogP contribution in [0.4, 0.5) is 0 Å². The first-order valence-electron chi connectivity index (χ1n) is 6.25. The van der Waals surface area contributed by atoms with Crippen LogP contribution >= 0.6 is 12.2 Å². The number of nitrogens with two attached hydrogens (primary N) is 1. The zero-order valence-corrected chi connectivity index (χ0v) is 11.0. The van der Waals surface area contributed by atoms with E-state index in [1.165, 1.54) is 0 Å². The van der Waals surface area contributed by atoms with Gasteiger partial charge >= 0.3 is 0 Å². The van der Waals surface area contributed by atoms with Crippen molar-refractivity contribution in [2.24, 2.45) is 17.1 Å². The molecule has 3 N–H and O–H groups in total. The summed E-state index contributed by atoms with van der Waals surface area (Å²) in [5.41, 5.74) is 5.14. The summed E-state index contributed by atoms with van der Waals surface area (Å²) in [6, 6.07) is 0. The van der Waals surface area contributed by atoms with E-state index < -0.39 is 5.41 Å². The fourth-order valence-electron chi connectivity index (χ4n) is 2.58. The van der Waals surface area contributed by atoms with Gasteiger partial charge in [-0.2, -0.15) is 0 Å². The molecule has 1 amide bonds. The van der Waals surface area contributed by atoms with Gasteiger partial charge in [0.25, 0.3) is 0 Å².